The van der Waals surface area contributed by atoms with Gasteiger partial charge in [0, 0.05) is 16.8 Å². The van der Waals surface area contributed by atoms with Crippen LogP contribution in [0, 0.1) is 6.92 Å². The zero-order chi connectivity index (χ0) is 14.7. The molecule has 0 fully saturated rings. The third-order valence-corrected chi connectivity index (χ3v) is 3.18. The van der Waals surface area contributed by atoms with Crippen LogP contribution >= 0.6 is 11.6 Å². The molecule has 2 rings (SSSR count). The van der Waals surface area contributed by atoms with Crippen molar-refractivity contribution in [2.45, 2.75) is 33.0 Å². The second-order valence-electron chi connectivity index (χ2n) is 5.02. The van der Waals surface area contributed by atoms with Crippen LogP contribution in [-0.4, -0.2) is 16.2 Å². The summed E-state index contributed by atoms with van der Waals surface area (Å²) in [4.78, 5) is 4.12. The lowest BCUT2D eigenvalue weighted by Gasteiger charge is -2.16. The Hall–Kier alpha value is -1.58. The SMILES string of the molecule is Cc1cc(Cl)ccc1C(O)c1cncc(OC(C)C)c1. The minimum atomic E-state index is -0.740. The number of ether oxygens (including phenoxy) is 1. The van der Waals surface area contributed by atoms with Gasteiger partial charge in [-0.1, -0.05) is 17.7 Å². The summed E-state index contributed by atoms with van der Waals surface area (Å²) in [6.45, 7) is 5.82. The molecule has 1 heterocycles. The van der Waals surface area contributed by atoms with Crippen molar-refractivity contribution < 1.29 is 9.84 Å². The van der Waals surface area contributed by atoms with Gasteiger partial charge in [0.1, 0.15) is 11.9 Å². The average Bonchev–Trinajstić information content (AvgIpc) is 2.37. The molecule has 20 heavy (non-hydrogen) atoms. The van der Waals surface area contributed by atoms with Crippen LogP contribution in [0.1, 0.15) is 36.6 Å². The number of rotatable bonds is 4. The molecule has 0 amide bonds. The first kappa shape index (κ1) is 14.8. The molecule has 0 radical (unpaired) electrons. The molecule has 3 nitrogen and oxygen atoms in total. The van der Waals surface area contributed by atoms with Gasteiger partial charge in [-0.3, -0.25) is 4.98 Å². The van der Waals surface area contributed by atoms with Gasteiger partial charge in [-0.15, -0.1) is 0 Å². The molecule has 0 aliphatic carbocycles. The molecule has 4 heteroatoms. The molecule has 0 aliphatic heterocycles. The van der Waals surface area contributed by atoms with E-state index in [0.717, 1.165) is 11.1 Å². The molecule has 1 N–H and O–H groups in total. The van der Waals surface area contributed by atoms with Crippen LogP contribution in [-0.2, 0) is 0 Å². The van der Waals surface area contributed by atoms with Crippen molar-refractivity contribution >= 4 is 11.6 Å². The number of hydrogen-bond acceptors (Lipinski definition) is 3. The van der Waals surface area contributed by atoms with E-state index >= 15 is 0 Å². The molecule has 1 aromatic carbocycles. The number of pyridine rings is 1. The highest BCUT2D eigenvalue weighted by atomic mass is 35.5. The van der Waals surface area contributed by atoms with Crippen LogP contribution in [0.15, 0.2) is 36.7 Å². The van der Waals surface area contributed by atoms with Gasteiger partial charge in [-0.05, 0) is 50.1 Å². The Labute approximate surface area is 124 Å². The van der Waals surface area contributed by atoms with Gasteiger partial charge < -0.3 is 9.84 Å². The number of aryl methyl sites for hydroxylation is 1. The Morgan fingerprint density at radius 3 is 2.60 bits per heavy atom. The molecule has 0 spiro atoms. The first-order valence-corrected chi connectivity index (χ1v) is 6.91. The molecular weight excluding hydrogens is 274 g/mol. The van der Waals surface area contributed by atoms with Crippen molar-refractivity contribution in [2.75, 3.05) is 0 Å². The largest absolute Gasteiger partial charge is 0.489 e. The number of nitrogens with zero attached hydrogens (tertiary/aromatic N) is 1. The van der Waals surface area contributed by atoms with E-state index in [1.807, 2.05) is 39.0 Å². The van der Waals surface area contributed by atoms with E-state index < -0.39 is 6.10 Å². The van der Waals surface area contributed by atoms with Gasteiger partial charge >= 0.3 is 0 Å². The number of hydrogen-bond donors (Lipinski definition) is 1. The fraction of sp³-hybridized carbons (Fsp3) is 0.312. The van der Waals surface area contributed by atoms with Crippen molar-refractivity contribution in [1.29, 1.82) is 0 Å². The van der Waals surface area contributed by atoms with E-state index in [0.29, 0.717) is 16.3 Å². The Balaban J connectivity index is 2.30. The van der Waals surface area contributed by atoms with Crippen LogP contribution in [0.5, 0.6) is 5.75 Å². The van der Waals surface area contributed by atoms with E-state index in [1.54, 1.807) is 18.5 Å². The summed E-state index contributed by atoms with van der Waals surface area (Å²) < 4.78 is 5.60. The molecule has 0 saturated carbocycles. The smallest absolute Gasteiger partial charge is 0.138 e. The number of benzene rings is 1. The molecule has 0 aliphatic rings. The second-order valence-corrected chi connectivity index (χ2v) is 5.46. The van der Waals surface area contributed by atoms with Crippen molar-refractivity contribution in [3.63, 3.8) is 0 Å². The third-order valence-electron chi connectivity index (χ3n) is 2.95. The van der Waals surface area contributed by atoms with Gasteiger partial charge in [-0.2, -0.15) is 0 Å². The van der Waals surface area contributed by atoms with Crippen LogP contribution < -0.4 is 4.74 Å². The summed E-state index contributed by atoms with van der Waals surface area (Å²) in [6, 6.07) is 7.25. The molecule has 106 valence electrons. The Morgan fingerprint density at radius 2 is 1.95 bits per heavy atom. The van der Waals surface area contributed by atoms with Gasteiger partial charge in [0.2, 0.25) is 0 Å². The predicted molar refractivity (Wildman–Crippen MR) is 80.3 cm³/mol. The van der Waals surface area contributed by atoms with Crippen molar-refractivity contribution in [1.82, 2.24) is 4.98 Å². The van der Waals surface area contributed by atoms with Gasteiger partial charge in [0.25, 0.3) is 0 Å². The molecule has 1 atom stereocenters. The number of halogens is 1. The first-order chi connectivity index (χ1) is 9.47. The summed E-state index contributed by atoms with van der Waals surface area (Å²) in [5.41, 5.74) is 2.46. The molecule has 1 unspecified atom stereocenters. The standard InChI is InChI=1S/C16H18ClNO2/c1-10(2)20-14-7-12(8-18-9-14)16(19)15-5-4-13(17)6-11(15)3/h4-10,16,19H,1-3H3. The van der Waals surface area contributed by atoms with Gasteiger partial charge in [0.15, 0.2) is 0 Å². The van der Waals surface area contributed by atoms with Crippen LogP contribution in [0.25, 0.3) is 0 Å². The lowest BCUT2D eigenvalue weighted by Crippen LogP contribution is -2.07. The lowest BCUT2D eigenvalue weighted by atomic mass is 9.99. The lowest BCUT2D eigenvalue weighted by molar-refractivity contribution is 0.215. The Morgan fingerprint density at radius 1 is 1.20 bits per heavy atom. The normalized spacial score (nSPS) is 12.5. The quantitative estimate of drug-likeness (QED) is 0.928. The first-order valence-electron chi connectivity index (χ1n) is 6.53. The number of aliphatic hydroxyl groups excluding tert-OH is 1. The molecule has 2 aromatic rings. The molecule has 0 saturated heterocycles. The van der Waals surface area contributed by atoms with E-state index in [9.17, 15) is 5.11 Å². The maximum absolute atomic E-state index is 10.5. The van der Waals surface area contributed by atoms with Gasteiger partial charge in [-0.25, -0.2) is 0 Å². The highest BCUT2D eigenvalue weighted by Gasteiger charge is 2.14. The minimum Gasteiger partial charge on any atom is -0.489 e. The van der Waals surface area contributed by atoms with Crippen molar-refractivity contribution in [2.24, 2.45) is 0 Å². The average molecular weight is 292 g/mol. The molecular formula is C16H18ClNO2. The van der Waals surface area contributed by atoms with Crippen LogP contribution in [0.2, 0.25) is 5.02 Å². The molecule has 1 aromatic heterocycles. The topological polar surface area (TPSA) is 42.4 Å². The summed E-state index contributed by atoms with van der Waals surface area (Å²) in [5, 5.41) is 11.1. The third kappa shape index (κ3) is 3.50. The maximum atomic E-state index is 10.5. The highest BCUT2D eigenvalue weighted by molar-refractivity contribution is 6.30. The van der Waals surface area contributed by atoms with E-state index in [2.05, 4.69) is 4.98 Å². The number of aromatic nitrogens is 1. The van der Waals surface area contributed by atoms with E-state index in [-0.39, 0.29) is 6.10 Å². The fourth-order valence-corrected chi connectivity index (χ4v) is 2.27. The Kier molecular flexibility index (Phi) is 4.63. The summed E-state index contributed by atoms with van der Waals surface area (Å²) in [7, 11) is 0. The van der Waals surface area contributed by atoms with E-state index in [4.69, 9.17) is 16.3 Å². The van der Waals surface area contributed by atoms with Crippen LogP contribution in [0.3, 0.4) is 0 Å². The molecule has 0 bridgehead atoms. The highest BCUT2D eigenvalue weighted by Crippen LogP contribution is 2.28. The van der Waals surface area contributed by atoms with Gasteiger partial charge in [0.05, 0.1) is 12.3 Å². The predicted octanol–water partition coefficient (Wildman–Crippen LogP) is 3.91. The van der Waals surface area contributed by atoms with Crippen molar-refractivity contribution in [3.05, 3.63) is 58.4 Å². The summed E-state index contributed by atoms with van der Waals surface area (Å²) >= 11 is 5.94. The zero-order valence-corrected chi connectivity index (χ0v) is 12.6. The monoisotopic (exact) mass is 291 g/mol. The van der Waals surface area contributed by atoms with Crippen LogP contribution in [0.4, 0.5) is 0 Å². The minimum absolute atomic E-state index is 0.0708. The second kappa shape index (κ2) is 6.25. The summed E-state index contributed by atoms with van der Waals surface area (Å²) in [5.74, 6) is 0.656. The van der Waals surface area contributed by atoms with Crippen molar-refractivity contribution in [3.8, 4) is 5.75 Å². The zero-order valence-electron chi connectivity index (χ0n) is 11.8. The van der Waals surface area contributed by atoms with E-state index in [1.165, 1.54) is 0 Å². The fourth-order valence-electron chi connectivity index (χ4n) is 2.05. The Bertz CT molecular complexity index is 599. The maximum Gasteiger partial charge on any atom is 0.138 e. The summed E-state index contributed by atoms with van der Waals surface area (Å²) in [6.07, 6.45) is 2.62. The number of aliphatic hydroxyl groups is 1.